The van der Waals surface area contributed by atoms with E-state index in [-0.39, 0.29) is 11.5 Å². The van der Waals surface area contributed by atoms with Crippen molar-refractivity contribution in [3.8, 4) is 11.8 Å². The van der Waals surface area contributed by atoms with Gasteiger partial charge in [-0.25, -0.2) is 4.98 Å². The number of rotatable bonds is 3. The van der Waals surface area contributed by atoms with Crippen molar-refractivity contribution >= 4 is 33.1 Å². The lowest BCUT2D eigenvalue weighted by Crippen LogP contribution is -2.22. The van der Waals surface area contributed by atoms with Crippen molar-refractivity contribution in [3.05, 3.63) is 86.3 Å². The molecule has 1 atom stereocenters. The summed E-state index contributed by atoms with van der Waals surface area (Å²) in [5.74, 6) is 0.897. The van der Waals surface area contributed by atoms with E-state index in [1.807, 2.05) is 18.2 Å². The molecule has 1 N–H and O–H groups in total. The number of carbonyl (C=O) groups excluding carboxylic acids is 1. The predicted octanol–water partition coefficient (Wildman–Crippen LogP) is 5.00. The van der Waals surface area contributed by atoms with Gasteiger partial charge in [0.2, 0.25) is 0 Å². The van der Waals surface area contributed by atoms with Gasteiger partial charge in [0.15, 0.2) is 0 Å². The lowest BCUT2D eigenvalue weighted by molar-refractivity contribution is 0.102. The maximum atomic E-state index is 13.0. The Bertz CT molecular complexity index is 1490. The maximum absolute atomic E-state index is 13.0. The highest BCUT2D eigenvalue weighted by Gasteiger charge is 2.25. The molecule has 0 unspecified atom stereocenters. The van der Waals surface area contributed by atoms with Crippen LogP contribution in [0.3, 0.4) is 0 Å². The maximum Gasteiger partial charge on any atom is 0.265 e. The fourth-order valence-corrected chi connectivity index (χ4v) is 5.80. The Labute approximate surface area is 195 Å². The Morgan fingerprint density at radius 1 is 1.21 bits per heavy atom. The van der Waals surface area contributed by atoms with E-state index >= 15 is 0 Å². The van der Waals surface area contributed by atoms with Gasteiger partial charge in [0.25, 0.3) is 11.5 Å². The van der Waals surface area contributed by atoms with Crippen molar-refractivity contribution in [1.29, 1.82) is 5.26 Å². The molecule has 2 aromatic carbocycles. The summed E-state index contributed by atoms with van der Waals surface area (Å²) < 4.78 is 1.55. The molecule has 0 saturated heterocycles. The number of nitrogens with one attached hydrogen (secondary N) is 1. The molecule has 0 saturated carbocycles. The number of aryl methyl sites for hydroxylation is 1. The lowest BCUT2D eigenvalue weighted by Gasteiger charge is -2.17. The van der Waals surface area contributed by atoms with Crippen LogP contribution in [0, 0.1) is 24.2 Å². The number of fused-ring (bicyclic) bond motifs is 2. The second kappa shape index (κ2) is 8.30. The van der Waals surface area contributed by atoms with Gasteiger partial charge in [-0.3, -0.25) is 14.2 Å². The van der Waals surface area contributed by atoms with Gasteiger partial charge >= 0.3 is 0 Å². The van der Waals surface area contributed by atoms with Gasteiger partial charge in [0.05, 0.1) is 22.2 Å². The van der Waals surface area contributed by atoms with E-state index in [1.54, 1.807) is 41.8 Å². The highest BCUT2D eigenvalue weighted by atomic mass is 32.1. The summed E-state index contributed by atoms with van der Waals surface area (Å²) in [4.78, 5) is 31.7. The van der Waals surface area contributed by atoms with Crippen LogP contribution < -0.4 is 10.9 Å². The molecule has 7 heteroatoms. The van der Waals surface area contributed by atoms with Crippen molar-refractivity contribution in [3.63, 3.8) is 0 Å². The van der Waals surface area contributed by atoms with Gasteiger partial charge in [-0.15, -0.1) is 11.3 Å². The summed E-state index contributed by atoms with van der Waals surface area (Å²) in [7, 11) is 0. The van der Waals surface area contributed by atoms with Gasteiger partial charge in [-0.2, -0.15) is 5.26 Å². The molecule has 164 valence electrons. The molecule has 6 nitrogen and oxygen atoms in total. The van der Waals surface area contributed by atoms with E-state index in [2.05, 4.69) is 23.3 Å². The van der Waals surface area contributed by atoms with Crippen molar-refractivity contribution in [2.24, 2.45) is 5.92 Å². The van der Waals surface area contributed by atoms with Crippen LogP contribution in [0.5, 0.6) is 0 Å². The highest BCUT2D eigenvalue weighted by Crippen LogP contribution is 2.39. The second-order valence-electron chi connectivity index (χ2n) is 8.49. The number of hydrogen-bond donors (Lipinski definition) is 1. The van der Waals surface area contributed by atoms with Crippen LogP contribution in [-0.4, -0.2) is 15.5 Å². The fourth-order valence-electron chi connectivity index (χ4n) is 4.44. The summed E-state index contributed by atoms with van der Waals surface area (Å²) in [5, 5.41) is 13.8. The Kier molecular flexibility index (Phi) is 5.31. The molecule has 5 rings (SSSR count). The Hall–Kier alpha value is -3.76. The molecule has 0 fully saturated rings. The fraction of sp³-hybridized carbons (Fsp3) is 0.231. The Morgan fingerprint density at radius 3 is 2.73 bits per heavy atom. The van der Waals surface area contributed by atoms with Gasteiger partial charge in [-0.1, -0.05) is 19.1 Å². The molecule has 1 aliphatic rings. The van der Waals surface area contributed by atoms with Gasteiger partial charge in [-0.05, 0) is 74.1 Å². The number of anilines is 1. The number of benzene rings is 2. The first-order valence-corrected chi connectivity index (χ1v) is 11.7. The first-order valence-electron chi connectivity index (χ1n) is 10.9. The first-order chi connectivity index (χ1) is 16.0. The van der Waals surface area contributed by atoms with Crippen molar-refractivity contribution in [2.45, 2.75) is 33.1 Å². The third-order valence-electron chi connectivity index (χ3n) is 6.18. The summed E-state index contributed by atoms with van der Waals surface area (Å²) in [6.07, 6.45) is 2.90. The molecule has 1 aliphatic carbocycles. The number of aromatic nitrogens is 2. The number of amides is 1. The average molecular weight is 455 g/mol. The van der Waals surface area contributed by atoms with E-state index in [0.717, 1.165) is 24.8 Å². The van der Waals surface area contributed by atoms with Crippen molar-refractivity contribution in [2.75, 3.05) is 5.32 Å². The minimum atomic E-state index is -0.273. The zero-order valence-corrected chi connectivity index (χ0v) is 19.2. The standard InChI is InChI=1S/C26H22N4O2S/c1-15-7-12-19-21(14-27)25(33-23(19)13-15)29-24(31)17-8-10-18(11-9-17)30-16(2)28-22-6-4-3-5-20(22)26(30)32/h3-6,8-11,15H,7,12-13H2,1-2H3,(H,29,31)/t15-/m1/s1. The third kappa shape index (κ3) is 3.73. The summed E-state index contributed by atoms with van der Waals surface area (Å²) in [6, 6.07) is 16.4. The monoisotopic (exact) mass is 454 g/mol. The molecule has 4 aromatic rings. The molecular formula is C26H22N4O2S. The van der Waals surface area contributed by atoms with Crippen LogP contribution in [0.1, 0.15) is 45.5 Å². The molecule has 2 heterocycles. The predicted molar refractivity (Wildman–Crippen MR) is 130 cm³/mol. The van der Waals surface area contributed by atoms with E-state index in [4.69, 9.17) is 0 Å². The van der Waals surface area contributed by atoms with Crippen LogP contribution in [0.2, 0.25) is 0 Å². The summed E-state index contributed by atoms with van der Waals surface area (Å²) in [6.45, 7) is 4.00. The molecule has 1 amide bonds. The quantitative estimate of drug-likeness (QED) is 0.472. The zero-order chi connectivity index (χ0) is 23.1. The smallest absolute Gasteiger partial charge is 0.265 e. The Morgan fingerprint density at radius 2 is 1.97 bits per heavy atom. The largest absolute Gasteiger partial charge is 0.312 e. The molecule has 33 heavy (non-hydrogen) atoms. The summed E-state index contributed by atoms with van der Waals surface area (Å²) >= 11 is 1.51. The SMILES string of the molecule is Cc1nc2ccccc2c(=O)n1-c1ccc(C(=O)Nc2sc3c(c2C#N)CC[C@@H](C)C3)cc1. The topological polar surface area (TPSA) is 87.8 Å². The van der Waals surface area contributed by atoms with Crippen LogP contribution in [-0.2, 0) is 12.8 Å². The van der Waals surface area contributed by atoms with Gasteiger partial charge in [0, 0.05) is 10.4 Å². The number of carbonyl (C=O) groups is 1. The highest BCUT2D eigenvalue weighted by molar-refractivity contribution is 7.16. The van der Waals surface area contributed by atoms with Gasteiger partial charge < -0.3 is 5.32 Å². The molecule has 0 aliphatic heterocycles. The number of para-hydroxylation sites is 1. The van der Waals surface area contributed by atoms with Crippen molar-refractivity contribution in [1.82, 2.24) is 9.55 Å². The average Bonchev–Trinajstić information content (AvgIpc) is 3.15. The minimum Gasteiger partial charge on any atom is -0.312 e. The molecule has 2 aromatic heterocycles. The molecular weight excluding hydrogens is 432 g/mol. The second-order valence-corrected chi connectivity index (χ2v) is 9.59. The third-order valence-corrected chi connectivity index (χ3v) is 7.35. The number of hydrogen-bond acceptors (Lipinski definition) is 5. The minimum absolute atomic E-state index is 0.146. The number of nitriles is 1. The number of thiophene rings is 1. The van der Waals surface area contributed by atoms with E-state index in [9.17, 15) is 14.9 Å². The molecule has 0 bridgehead atoms. The Balaban J connectivity index is 1.43. The van der Waals surface area contributed by atoms with Gasteiger partial charge in [0.1, 0.15) is 16.9 Å². The van der Waals surface area contributed by atoms with E-state index < -0.39 is 0 Å². The normalized spacial score (nSPS) is 15.1. The van der Waals surface area contributed by atoms with Crippen LogP contribution in [0.4, 0.5) is 5.00 Å². The van der Waals surface area contributed by atoms with Crippen LogP contribution in [0.15, 0.2) is 53.3 Å². The summed E-state index contributed by atoms with van der Waals surface area (Å²) in [5.41, 5.74) is 3.30. The van der Waals surface area contributed by atoms with Crippen LogP contribution >= 0.6 is 11.3 Å². The van der Waals surface area contributed by atoms with Crippen LogP contribution in [0.25, 0.3) is 16.6 Å². The lowest BCUT2D eigenvalue weighted by atomic mass is 9.88. The number of nitrogens with zero attached hydrogens (tertiary/aromatic N) is 3. The van der Waals surface area contributed by atoms with E-state index in [0.29, 0.717) is 44.5 Å². The molecule has 0 spiro atoms. The first kappa shape index (κ1) is 21.1. The van der Waals surface area contributed by atoms with E-state index in [1.165, 1.54) is 16.2 Å². The van der Waals surface area contributed by atoms with Crippen molar-refractivity contribution < 1.29 is 4.79 Å². The molecule has 0 radical (unpaired) electrons. The zero-order valence-electron chi connectivity index (χ0n) is 18.4.